The van der Waals surface area contributed by atoms with Crippen molar-refractivity contribution in [3.8, 4) is 0 Å². The first kappa shape index (κ1) is 16.3. The van der Waals surface area contributed by atoms with Crippen LogP contribution in [0.15, 0.2) is 48.5 Å². The van der Waals surface area contributed by atoms with Gasteiger partial charge in [-0.2, -0.15) is 0 Å². The van der Waals surface area contributed by atoms with E-state index in [1.165, 1.54) is 18.2 Å². The normalized spacial score (nSPS) is 10.6. The van der Waals surface area contributed by atoms with Crippen molar-refractivity contribution in [3.05, 3.63) is 64.9 Å². The van der Waals surface area contributed by atoms with Crippen LogP contribution in [0.4, 0.5) is 14.9 Å². The van der Waals surface area contributed by atoms with Gasteiger partial charge in [-0.05, 0) is 31.5 Å². The zero-order valence-electron chi connectivity index (χ0n) is 12.5. The predicted molar refractivity (Wildman–Crippen MR) is 87.5 cm³/mol. The van der Waals surface area contributed by atoms with Gasteiger partial charge in [0.1, 0.15) is 5.82 Å². The number of hydrogen-bond donors (Lipinski definition) is 1. The van der Waals surface area contributed by atoms with Gasteiger partial charge in [0, 0.05) is 12.6 Å². The van der Waals surface area contributed by atoms with Crippen LogP contribution in [0.2, 0.25) is 5.02 Å². The minimum absolute atomic E-state index is 0.00729. The quantitative estimate of drug-likeness (QED) is 0.852. The Kier molecular flexibility index (Phi) is 5.39. The molecule has 0 spiro atoms. The van der Waals surface area contributed by atoms with Crippen LogP contribution in [-0.4, -0.2) is 17.0 Å². The fraction of sp³-hybridized carbons (Fsp3) is 0.235. The van der Waals surface area contributed by atoms with Gasteiger partial charge in [-0.1, -0.05) is 48.0 Å². The fourth-order valence-electron chi connectivity index (χ4n) is 2.06. The number of nitrogens with one attached hydrogen (secondary N) is 1. The second-order valence-corrected chi connectivity index (χ2v) is 5.64. The highest BCUT2D eigenvalue weighted by atomic mass is 35.5. The monoisotopic (exact) mass is 320 g/mol. The molecule has 2 amide bonds. The summed E-state index contributed by atoms with van der Waals surface area (Å²) in [6.45, 7) is 4.26. The third-order valence-electron chi connectivity index (χ3n) is 3.27. The maximum Gasteiger partial charge on any atom is 0.322 e. The van der Waals surface area contributed by atoms with Crippen LogP contribution in [0.1, 0.15) is 19.4 Å². The molecule has 116 valence electrons. The first-order valence-electron chi connectivity index (χ1n) is 7.04. The van der Waals surface area contributed by atoms with Crippen molar-refractivity contribution in [1.29, 1.82) is 0 Å². The molecule has 22 heavy (non-hydrogen) atoms. The summed E-state index contributed by atoms with van der Waals surface area (Å²) in [4.78, 5) is 14.1. The van der Waals surface area contributed by atoms with E-state index in [2.05, 4.69) is 5.32 Å². The van der Waals surface area contributed by atoms with E-state index in [4.69, 9.17) is 11.6 Å². The standard InChI is InChI=1S/C17H18ClFN2O/c1-12(2)21(11-13-7-4-3-5-8-13)17(22)20-16-14(18)9-6-10-15(16)19/h3-10,12H,11H2,1-2H3,(H,20,22). The Balaban J connectivity index is 2.17. The summed E-state index contributed by atoms with van der Waals surface area (Å²) >= 11 is 5.94. The third-order valence-corrected chi connectivity index (χ3v) is 3.59. The number of rotatable bonds is 4. The van der Waals surface area contributed by atoms with Crippen molar-refractivity contribution in [2.45, 2.75) is 26.4 Å². The zero-order chi connectivity index (χ0) is 16.1. The van der Waals surface area contributed by atoms with Gasteiger partial charge >= 0.3 is 6.03 Å². The molecule has 2 rings (SSSR count). The maximum atomic E-state index is 13.8. The number of urea groups is 1. The average molecular weight is 321 g/mol. The SMILES string of the molecule is CC(C)N(Cc1ccccc1)C(=O)Nc1c(F)cccc1Cl. The van der Waals surface area contributed by atoms with Gasteiger partial charge in [-0.3, -0.25) is 0 Å². The Morgan fingerprint density at radius 3 is 2.45 bits per heavy atom. The molecule has 0 saturated carbocycles. The zero-order valence-corrected chi connectivity index (χ0v) is 13.3. The van der Waals surface area contributed by atoms with Crippen LogP contribution >= 0.6 is 11.6 Å². The molecule has 0 aliphatic rings. The second kappa shape index (κ2) is 7.27. The molecule has 5 heteroatoms. The van der Waals surface area contributed by atoms with E-state index in [1.807, 2.05) is 44.2 Å². The van der Waals surface area contributed by atoms with Crippen molar-refractivity contribution in [3.63, 3.8) is 0 Å². The van der Waals surface area contributed by atoms with E-state index in [9.17, 15) is 9.18 Å². The largest absolute Gasteiger partial charge is 0.322 e. The second-order valence-electron chi connectivity index (χ2n) is 5.23. The van der Waals surface area contributed by atoms with E-state index >= 15 is 0 Å². The van der Waals surface area contributed by atoms with Crippen LogP contribution in [0.25, 0.3) is 0 Å². The lowest BCUT2D eigenvalue weighted by atomic mass is 10.2. The smallest absolute Gasteiger partial charge is 0.318 e. The summed E-state index contributed by atoms with van der Waals surface area (Å²) in [6.07, 6.45) is 0. The van der Waals surface area contributed by atoms with Gasteiger partial charge in [0.2, 0.25) is 0 Å². The van der Waals surface area contributed by atoms with Crippen LogP contribution < -0.4 is 5.32 Å². The van der Waals surface area contributed by atoms with Crippen LogP contribution in [0.3, 0.4) is 0 Å². The van der Waals surface area contributed by atoms with Crippen LogP contribution in [0.5, 0.6) is 0 Å². The topological polar surface area (TPSA) is 32.3 Å². The number of para-hydroxylation sites is 1. The van der Waals surface area contributed by atoms with E-state index in [-0.39, 0.29) is 22.8 Å². The van der Waals surface area contributed by atoms with E-state index in [0.29, 0.717) is 6.54 Å². The number of halogens is 2. The molecule has 3 nitrogen and oxygen atoms in total. The van der Waals surface area contributed by atoms with Crippen LogP contribution in [-0.2, 0) is 6.54 Å². The number of benzene rings is 2. The van der Waals surface area contributed by atoms with Gasteiger partial charge in [0.05, 0.1) is 10.7 Å². The molecule has 0 unspecified atom stereocenters. The number of carbonyl (C=O) groups is 1. The third kappa shape index (κ3) is 3.98. The fourth-order valence-corrected chi connectivity index (χ4v) is 2.28. The van der Waals surface area contributed by atoms with Crippen molar-refractivity contribution < 1.29 is 9.18 Å². The van der Waals surface area contributed by atoms with Gasteiger partial charge in [0.25, 0.3) is 0 Å². The molecule has 0 aliphatic heterocycles. The van der Waals surface area contributed by atoms with E-state index in [0.717, 1.165) is 5.56 Å². The predicted octanol–water partition coefficient (Wildman–Crippen LogP) is 4.92. The molecule has 2 aromatic rings. The summed E-state index contributed by atoms with van der Waals surface area (Å²) in [7, 11) is 0. The average Bonchev–Trinajstić information content (AvgIpc) is 2.49. The molecule has 2 aromatic carbocycles. The van der Waals surface area contributed by atoms with E-state index in [1.54, 1.807) is 4.90 Å². The molecule has 0 aliphatic carbocycles. The Hall–Kier alpha value is -2.07. The summed E-state index contributed by atoms with van der Waals surface area (Å²) in [5.41, 5.74) is 1.01. The molecule has 0 saturated heterocycles. The minimum Gasteiger partial charge on any atom is -0.318 e. The minimum atomic E-state index is -0.552. The highest BCUT2D eigenvalue weighted by Gasteiger charge is 2.19. The van der Waals surface area contributed by atoms with Gasteiger partial charge in [-0.15, -0.1) is 0 Å². The Labute approximate surface area is 134 Å². The Bertz CT molecular complexity index is 626. The number of anilines is 1. The number of carbonyl (C=O) groups excluding carboxylic acids is 1. The number of amides is 2. The highest BCUT2D eigenvalue weighted by molar-refractivity contribution is 6.33. The lowest BCUT2D eigenvalue weighted by Gasteiger charge is -2.27. The summed E-state index contributed by atoms with van der Waals surface area (Å²) in [5.74, 6) is -0.552. The Morgan fingerprint density at radius 2 is 1.86 bits per heavy atom. The molecule has 0 radical (unpaired) electrons. The number of hydrogen-bond acceptors (Lipinski definition) is 1. The summed E-state index contributed by atoms with van der Waals surface area (Å²) in [6, 6.07) is 13.5. The molecule has 0 heterocycles. The summed E-state index contributed by atoms with van der Waals surface area (Å²) in [5, 5.41) is 2.74. The lowest BCUT2D eigenvalue weighted by molar-refractivity contribution is 0.193. The first-order chi connectivity index (χ1) is 10.5. The van der Waals surface area contributed by atoms with Gasteiger partial charge in [0.15, 0.2) is 0 Å². The van der Waals surface area contributed by atoms with Crippen molar-refractivity contribution in [2.75, 3.05) is 5.32 Å². The van der Waals surface area contributed by atoms with Crippen molar-refractivity contribution in [2.24, 2.45) is 0 Å². The molecular weight excluding hydrogens is 303 g/mol. The lowest BCUT2D eigenvalue weighted by Crippen LogP contribution is -2.39. The first-order valence-corrected chi connectivity index (χ1v) is 7.42. The maximum absolute atomic E-state index is 13.8. The molecule has 0 atom stereocenters. The van der Waals surface area contributed by atoms with Gasteiger partial charge < -0.3 is 10.2 Å². The molecule has 0 aromatic heterocycles. The van der Waals surface area contributed by atoms with E-state index < -0.39 is 5.82 Å². The molecule has 1 N–H and O–H groups in total. The summed E-state index contributed by atoms with van der Waals surface area (Å²) < 4.78 is 13.8. The molecular formula is C17H18ClFN2O. The van der Waals surface area contributed by atoms with Gasteiger partial charge in [-0.25, -0.2) is 9.18 Å². The van der Waals surface area contributed by atoms with Crippen molar-refractivity contribution >= 4 is 23.3 Å². The molecule has 0 bridgehead atoms. The highest BCUT2D eigenvalue weighted by Crippen LogP contribution is 2.25. The van der Waals surface area contributed by atoms with Crippen LogP contribution in [0, 0.1) is 5.82 Å². The van der Waals surface area contributed by atoms with Crippen molar-refractivity contribution in [1.82, 2.24) is 4.90 Å². The number of nitrogens with zero attached hydrogens (tertiary/aromatic N) is 1. The molecule has 0 fully saturated rings. The Morgan fingerprint density at radius 1 is 1.18 bits per heavy atom.